The molecule has 1 saturated carbocycles. The maximum atomic E-state index is 13.2. The Morgan fingerprint density at radius 1 is 1.00 bits per heavy atom. The summed E-state index contributed by atoms with van der Waals surface area (Å²) in [5.41, 5.74) is 3.43. The van der Waals surface area contributed by atoms with Crippen LogP contribution in [0.1, 0.15) is 43.5 Å². The Kier molecular flexibility index (Phi) is 4.93. The van der Waals surface area contributed by atoms with Crippen molar-refractivity contribution in [3.63, 3.8) is 0 Å². The van der Waals surface area contributed by atoms with Crippen LogP contribution in [-0.2, 0) is 0 Å². The van der Waals surface area contributed by atoms with Crippen molar-refractivity contribution in [2.45, 2.75) is 39.2 Å². The Labute approximate surface area is 160 Å². The van der Waals surface area contributed by atoms with Gasteiger partial charge in [-0.2, -0.15) is 0 Å². The molecule has 1 aromatic heterocycles. The summed E-state index contributed by atoms with van der Waals surface area (Å²) in [7, 11) is 0. The highest BCUT2D eigenvalue weighted by Crippen LogP contribution is 2.30. The van der Waals surface area contributed by atoms with Crippen LogP contribution >= 0.6 is 0 Å². The van der Waals surface area contributed by atoms with E-state index in [1.54, 1.807) is 0 Å². The average molecular weight is 358 g/mol. The number of carbonyl (C=O) groups is 1. The molecular formula is C24H26N2O. The zero-order valence-electron chi connectivity index (χ0n) is 16.0. The molecule has 0 saturated heterocycles. The van der Waals surface area contributed by atoms with Crippen LogP contribution in [0.4, 0.5) is 0 Å². The van der Waals surface area contributed by atoms with Gasteiger partial charge in [-0.3, -0.25) is 4.79 Å². The third-order valence-electron chi connectivity index (χ3n) is 6.05. The van der Waals surface area contributed by atoms with Crippen LogP contribution < -0.4 is 5.32 Å². The van der Waals surface area contributed by atoms with Crippen molar-refractivity contribution >= 4 is 16.8 Å². The lowest BCUT2D eigenvalue weighted by Gasteiger charge is -2.34. The van der Waals surface area contributed by atoms with E-state index in [0.29, 0.717) is 17.4 Å². The fourth-order valence-electron chi connectivity index (χ4n) is 4.15. The van der Waals surface area contributed by atoms with Crippen molar-refractivity contribution in [1.29, 1.82) is 0 Å². The normalized spacial score (nSPS) is 22.5. The molecule has 1 fully saturated rings. The summed E-state index contributed by atoms with van der Waals surface area (Å²) in [5, 5.41) is 4.23. The molecule has 0 bridgehead atoms. The average Bonchev–Trinajstić information content (AvgIpc) is 2.71. The van der Waals surface area contributed by atoms with Crippen LogP contribution in [0.3, 0.4) is 0 Å². The van der Waals surface area contributed by atoms with E-state index >= 15 is 0 Å². The molecule has 3 unspecified atom stereocenters. The molecule has 1 aliphatic rings. The van der Waals surface area contributed by atoms with Crippen molar-refractivity contribution in [2.24, 2.45) is 11.8 Å². The summed E-state index contributed by atoms with van der Waals surface area (Å²) in [6.07, 6.45) is 3.50. The number of rotatable bonds is 3. The second-order valence-electron chi connectivity index (χ2n) is 7.79. The maximum Gasteiger partial charge on any atom is 0.252 e. The molecule has 3 atom stereocenters. The zero-order valence-corrected chi connectivity index (χ0v) is 16.0. The molecular weight excluding hydrogens is 332 g/mol. The predicted octanol–water partition coefficient (Wildman–Crippen LogP) is 5.46. The first-order valence-corrected chi connectivity index (χ1v) is 9.89. The van der Waals surface area contributed by atoms with E-state index in [4.69, 9.17) is 4.98 Å². The number of pyridine rings is 1. The van der Waals surface area contributed by atoms with Crippen molar-refractivity contribution < 1.29 is 4.79 Å². The van der Waals surface area contributed by atoms with Gasteiger partial charge in [0.2, 0.25) is 0 Å². The van der Waals surface area contributed by atoms with Crippen molar-refractivity contribution in [3.05, 3.63) is 66.2 Å². The number of fused-ring (bicyclic) bond motifs is 1. The number of nitrogens with one attached hydrogen (secondary N) is 1. The Balaban J connectivity index is 1.72. The molecule has 27 heavy (non-hydrogen) atoms. The van der Waals surface area contributed by atoms with E-state index in [0.717, 1.165) is 28.6 Å². The Hall–Kier alpha value is -2.68. The van der Waals surface area contributed by atoms with Gasteiger partial charge in [0.1, 0.15) is 0 Å². The van der Waals surface area contributed by atoms with Crippen LogP contribution in [0.25, 0.3) is 22.2 Å². The molecule has 4 rings (SSSR count). The second kappa shape index (κ2) is 7.51. The summed E-state index contributed by atoms with van der Waals surface area (Å²) in [6.45, 7) is 4.55. The van der Waals surface area contributed by atoms with E-state index in [1.807, 2.05) is 60.7 Å². The summed E-state index contributed by atoms with van der Waals surface area (Å²) in [4.78, 5) is 18.0. The van der Waals surface area contributed by atoms with Crippen LogP contribution in [0.5, 0.6) is 0 Å². The smallest absolute Gasteiger partial charge is 0.252 e. The number of hydrogen-bond acceptors (Lipinski definition) is 2. The molecule has 1 aliphatic carbocycles. The van der Waals surface area contributed by atoms with Gasteiger partial charge in [-0.1, -0.05) is 75.2 Å². The minimum atomic E-state index is 0.0109. The third kappa shape index (κ3) is 3.59. The van der Waals surface area contributed by atoms with E-state index in [9.17, 15) is 4.79 Å². The van der Waals surface area contributed by atoms with Gasteiger partial charge >= 0.3 is 0 Å². The molecule has 1 amide bonds. The van der Waals surface area contributed by atoms with Gasteiger partial charge < -0.3 is 5.32 Å². The van der Waals surface area contributed by atoms with Crippen LogP contribution in [0.2, 0.25) is 0 Å². The van der Waals surface area contributed by atoms with Crippen LogP contribution in [0, 0.1) is 11.8 Å². The quantitative estimate of drug-likeness (QED) is 0.676. The number of hydrogen-bond donors (Lipinski definition) is 1. The monoisotopic (exact) mass is 358 g/mol. The van der Waals surface area contributed by atoms with Gasteiger partial charge in [0, 0.05) is 17.0 Å². The lowest BCUT2D eigenvalue weighted by Crippen LogP contribution is -2.43. The van der Waals surface area contributed by atoms with Gasteiger partial charge in [-0.05, 0) is 30.4 Å². The maximum absolute atomic E-state index is 13.2. The van der Waals surface area contributed by atoms with Gasteiger partial charge in [-0.25, -0.2) is 4.98 Å². The highest BCUT2D eigenvalue weighted by atomic mass is 16.1. The standard InChI is InChI=1S/C24H26N2O/c1-16-9-8-14-21(17(16)2)26-24(27)20-15-23(18-10-4-3-5-11-18)25-22-13-7-6-12-19(20)22/h3-7,10-13,15-17,21H,8-9,14H2,1-2H3,(H,26,27). The number of nitrogens with zero attached hydrogens (tertiary/aromatic N) is 1. The van der Waals surface area contributed by atoms with E-state index in [-0.39, 0.29) is 11.9 Å². The van der Waals surface area contributed by atoms with Gasteiger partial charge in [0.25, 0.3) is 5.91 Å². The molecule has 2 aromatic carbocycles. The van der Waals surface area contributed by atoms with Gasteiger partial charge in [0.15, 0.2) is 0 Å². The minimum Gasteiger partial charge on any atom is -0.349 e. The number of carbonyl (C=O) groups excluding carboxylic acids is 1. The van der Waals surface area contributed by atoms with Crippen molar-refractivity contribution in [3.8, 4) is 11.3 Å². The first-order valence-electron chi connectivity index (χ1n) is 9.89. The minimum absolute atomic E-state index is 0.0109. The lowest BCUT2D eigenvalue weighted by atomic mass is 9.78. The molecule has 3 aromatic rings. The summed E-state index contributed by atoms with van der Waals surface area (Å²) in [5.74, 6) is 1.17. The Morgan fingerprint density at radius 2 is 1.74 bits per heavy atom. The Morgan fingerprint density at radius 3 is 2.56 bits per heavy atom. The Bertz CT molecular complexity index is 951. The molecule has 138 valence electrons. The SMILES string of the molecule is CC1CCCC(NC(=O)c2cc(-c3ccccc3)nc3ccccc23)C1C. The molecule has 0 aliphatic heterocycles. The lowest BCUT2D eigenvalue weighted by molar-refractivity contribution is 0.0892. The van der Waals surface area contributed by atoms with Crippen LogP contribution in [0.15, 0.2) is 60.7 Å². The van der Waals surface area contributed by atoms with Gasteiger partial charge in [-0.15, -0.1) is 0 Å². The van der Waals surface area contributed by atoms with E-state index in [2.05, 4.69) is 19.2 Å². The molecule has 3 nitrogen and oxygen atoms in total. The molecule has 1 N–H and O–H groups in total. The summed E-state index contributed by atoms with van der Waals surface area (Å²) < 4.78 is 0. The third-order valence-corrected chi connectivity index (χ3v) is 6.05. The molecule has 0 radical (unpaired) electrons. The molecule has 3 heteroatoms. The van der Waals surface area contributed by atoms with Crippen molar-refractivity contribution in [1.82, 2.24) is 10.3 Å². The molecule has 0 spiro atoms. The molecule has 1 heterocycles. The summed E-state index contributed by atoms with van der Waals surface area (Å²) in [6, 6.07) is 20.1. The fraction of sp³-hybridized carbons (Fsp3) is 0.333. The largest absolute Gasteiger partial charge is 0.349 e. The summed E-state index contributed by atoms with van der Waals surface area (Å²) >= 11 is 0. The number of benzene rings is 2. The number of amides is 1. The number of aromatic nitrogens is 1. The predicted molar refractivity (Wildman–Crippen MR) is 111 cm³/mol. The van der Waals surface area contributed by atoms with E-state index < -0.39 is 0 Å². The second-order valence-corrected chi connectivity index (χ2v) is 7.79. The van der Waals surface area contributed by atoms with E-state index in [1.165, 1.54) is 12.8 Å². The van der Waals surface area contributed by atoms with Gasteiger partial charge in [0.05, 0.1) is 16.8 Å². The van der Waals surface area contributed by atoms with Crippen molar-refractivity contribution in [2.75, 3.05) is 0 Å². The first kappa shape index (κ1) is 17.7. The zero-order chi connectivity index (χ0) is 18.8. The van der Waals surface area contributed by atoms with Crippen LogP contribution in [-0.4, -0.2) is 16.9 Å². The fourth-order valence-corrected chi connectivity index (χ4v) is 4.15. The highest BCUT2D eigenvalue weighted by molar-refractivity contribution is 6.07. The first-order chi connectivity index (χ1) is 13.1. The topological polar surface area (TPSA) is 42.0 Å². The number of para-hydroxylation sites is 1. The highest BCUT2D eigenvalue weighted by Gasteiger charge is 2.28.